The SMILES string of the molecule is Oc1c(O)c(O)c2c(-c3cccc4oc5c6ccccc6ccc5c34)c3c(O)c(O)c(O)c(O)c3c(-c3ccc(-c4cccc5ccccc45)cc3)c2c1O. The number of furan rings is 1. The number of rotatable bonds is 3. The average molecular weight is 725 g/mol. The lowest BCUT2D eigenvalue weighted by Gasteiger charge is -2.23. The molecule has 0 unspecified atom stereocenters. The van der Waals surface area contributed by atoms with Gasteiger partial charge in [-0.3, -0.25) is 0 Å². The second-order valence-electron chi connectivity index (χ2n) is 13.6. The van der Waals surface area contributed by atoms with Crippen molar-refractivity contribution in [3.8, 4) is 79.4 Å². The Labute approximate surface area is 310 Å². The molecule has 9 heteroatoms. The van der Waals surface area contributed by atoms with E-state index in [-0.39, 0.29) is 32.7 Å². The standard InChI is InChI=1S/C46H28O9/c47-38-34-31(24-17-15-23(16-18-24)26-12-5-9-21-7-1-3-10-25(21)26)35-37(41(50)45(54)43(52)39(35)48)33(36(34)40(49)44(53)42(38)51)28-13-6-14-30-32(28)29-20-19-22-8-2-4-11-27(22)46(29)55-30/h1-20,47-54H. The zero-order valence-corrected chi connectivity index (χ0v) is 28.5. The lowest BCUT2D eigenvalue weighted by molar-refractivity contribution is 0.350. The fourth-order valence-electron chi connectivity index (χ4n) is 8.23. The first-order chi connectivity index (χ1) is 26.7. The van der Waals surface area contributed by atoms with Gasteiger partial charge in [-0.2, -0.15) is 0 Å². The lowest BCUT2D eigenvalue weighted by atomic mass is 9.82. The number of phenols is 8. The van der Waals surface area contributed by atoms with E-state index in [1.165, 1.54) is 0 Å². The van der Waals surface area contributed by atoms with E-state index in [0.717, 1.165) is 32.7 Å². The molecule has 0 spiro atoms. The molecule has 8 N–H and O–H groups in total. The molecule has 10 rings (SSSR count). The monoisotopic (exact) mass is 724 g/mol. The van der Waals surface area contributed by atoms with Crippen LogP contribution < -0.4 is 0 Å². The van der Waals surface area contributed by atoms with Crippen LogP contribution in [0.3, 0.4) is 0 Å². The number of fused-ring (bicyclic) bond motifs is 8. The van der Waals surface area contributed by atoms with Crippen LogP contribution in [0.1, 0.15) is 0 Å². The number of phenolic OH excluding ortho intramolecular Hbond substituents is 8. The molecule has 1 aromatic heterocycles. The van der Waals surface area contributed by atoms with E-state index in [9.17, 15) is 40.9 Å². The Balaban J connectivity index is 1.38. The van der Waals surface area contributed by atoms with Crippen LogP contribution >= 0.6 is 0 Å². The Kier molecular flexibility index (Phi) is 6.59. The third kappa shape index (κ3) is 4.29. The first-order valence-corrected chi connectivity index (χ1v) is 17.3. The van der Waals surface area contributed by atoms with Crippen LogP contribution in [0.5, 0.6) is 46.0 Å². The summed E-state index contributed by atoms with van der Waals surface area (Å²) in [5.74, 6) is -7.53. The molecule has 0 aliphatic heterocycles. The van der Waals surface area contributed by atoms with Crippen molar-refractivity contribution >= 4 is 65.0 Å². The molecule has 0 saturated carbocycles. The van der Waals surface area contributed by atoms with Gasteiger partial charge in [-0.1, -0.05) is 109 Å². The zero-order chi connectivity index (χ0) is 37.9. The highest BCUT2D eigenvalue weighted by Crippen LogP contribution is 2.62. The molecule has 0 aliphatic rings. The summed E-state index contributed by atoms with van der Waals surface area (Å²) in [6, 6.07) is 37.4. The van der Waals surface area contributed by atoms with Gasteiger partial charge in [0, 0.05) is 48.8 Å². The summed E-state index contributed by atoms with van der Waals surface area (Å²) in [4.78, 5) is 0. The average Bonchev–Trinajstić information content (AvgIpc) is 3.62. The van der Waals surface area contributed by atoms with E-state index in [2.05, 4.69) is 0 Å². The molecule has 0 saturated heterocycles. The highest BCUT2D eigenvalue weighted by atomic mass is 16.4. The molecule has 0 bridgehead atoms. The van der Waals surface area contributed by atoms with Crippen LogP contribution in [0.4, 0.5) is 0 Å². The minimum Gasteiger partial charge on any atom is -0.504 e. The maximum Gasteiger partial charge on any atom is 0.204 e. The minimum absolute atomic E-state index is 0.0281. The van der Waals surface area contributed by atoms with Gasteiger partial charge in [0.1, 0.15) is 11.2 Å². The number of hydrogen-bond acceptors (Lipinski definition) is 9. The first-order valence-electron chi connectivity index (χ1n) is 17.3. The van der Waals surface area contributed by atoms with Gasteiger partial charge in [0.05, 0.1) is 0 Å². The van der Waals surface area contributed by atoms with Gasteiger partial charge >= 0.3 is 0 Å². The summed E-state index contributed by atoms with van der Waals surface area (Å²) in [6.45, 7) is 0. The zero-order valence-electron chi connectivity index (χ0n) is 28.5. The highest BCUT2D eigenvalue weighted by Gasteiger charge is 2.33. The van der Waals surface area contributed by atoms with Crippen LogP contribution in [0.15, 0.2) is 126 Å². The number of aromatic hydroxyl groups is 8. The van der Waals surface area contributed by atoms with Crippen molar-refractivity contribution in [3.05, 3.63) is 121 Å². The van der Waals surface area contributed by atoms with Gasteiger partial charge in [-0.05, 0) is 50.5 Å². The molecule has 55 heavy (non-hydrogen) atoms. The molecule has 0 radical (unpaired) electrons. The van der Waals surface area contributed by atoms with Gasteiger partial charge in [0.15, 0.2) is 23.0 Å². The highest BCUT2D eigenvalue weighted by molar-refractivity contribution is 6.32. The Morgan fingerprint density at radius 3 is 1.40 bits per heavy atom. The van der Waals surface area contributed by atoms with Gasteiger partial charge in [-0.15, -0.1) is 0 Å². The van der Waals surface area contributed by atoms with E-state index < -0.39 is 46.0 Å². The van der Waals surface area contributed by atoms with E-state index >= 15 is 0 Å². The van der Waals surface area contributed by atoms with Crippen LogP contribution in [0.2, 0.25) is 0 Å². The molecule has 0 aliphatic carbocycles. The molecule has 0 fully saturated rings. The van der Waals surface area contributed by atoms with E-state index in [0.29, 0.717) is 33.1 Å². The molecule has 0 atom stereocenters. The third-order valence-electron chi connectivity index (χ3n) is 10.7. The topological polar surface area (TPSA) is 175 Å². The lowest BCUT2D eigenvalue weighted by Crippen LogP contribution is -1.95. The summed E-state index contributed by atoms with van der Waals surface area (Å²) in [5.41, 5.74) is 3.29. The molecule has 1 heterocycles. The van der Waals surface area contributed by atoms with Crippen LogP contribution in [0, 0.1) is 0 Å². The quantitative estimate of drug-likeness (QED) is 0.0501. The van der Waals surface area contributed by atoms with Gasteiger partial charge in [0.2, 0.25) is 23.0 Å². The second-order valence-corrected chi connectivity index (χ2v) is 13.6. The van der Waals surface area contributed by atoms with Crippen LogP contribution in [-0.2, 0) is 0 Å². The van der Waals surface area contributed by atoms with Crippen molar-refractivity contribution in [2.24, 2.45) is 0 Å². The van der Waals surface area contributed by atoms with Crippen molar-refractivity contribution in [2.45, 2.75) is 0 Å². The van der Waals surface area contributed by atoms with Crippen molar-refractivity contribution in [2.75, 3.05) is 0 Å². The summed E-state index contributed by atoms with van der Waals surface area (Å²) in [6.07, 6.45) is 0. The Morgan fingerprint density at radius 2 is 0.782 bits per heavy atom. The number of benzene rings is 9. The smallest absolute Gasteiger partial charge is 0.204 e. The Hall–Kier alpha value is -7.78. The fraction of sp³-hybridized carbons (Fsp3) is 0. The molecule has 10 aromatic rings. The van der Waals surface area contributed by atoms with Crippen molar-refractivity contribution in [1.82, 2.24) is 0 Å². The molecular formula is C46H28O9. The minimum atomic E-state index is -1.04. The maximum atomic E-state index is 11.8. The molecular weight excluding hydrogens is 696 g/mol. The van der Waals surface area contributed by atoms with Crippen molar-refractivity contribution < 1.29 is 45.3 Å². The first kappa shape index (κ1) is 31.9. The van der Waals surface area contributed by atoms with Crippen LogP contribution in [0.25, 0.3) is 98.4 Å². The molecule has 9 aromatic carbocycles. The maximum absolute atomic E-state index is 11.8. The summed E-state index contributed by atoms with van der Waals surface area (Å²) < 4.78 is 6.41. The molecule has 266 valence electrons. The van der Waals surface area contributed by atoms with Crippen molar-refractivity contribution in [1.29, 1.82) is 0 Å². The van der Waals surface area contributed by atoms with Crippen LogP contribution in [-0.4, -0.2) is 40.9 Å². The summed E-state index contributed by atoms with van der Waals surface area (Å²) in [7, 11) is 0. The molecule has 9 nitrogen and oxygen atoms in total. The summed E-state index contributed by atoms with van der Waals surface area (Å²) >= 11 is 0. The Morgan fingerprint density at radius 1 is 0.309 bits per heavy atom. The van der Waals surface area contributed by atoms with E-state index in [1.807, 2.05) is 91.0 Å². The predicted octanol–water partition coefficient (Wildman–Crippen LogP) is 10.8. The van der Waals surface area contributed by atoms with Crippen molar-refractivity contribution in [3.63, 3.8) is 0 Å². The Bertz CT molecular complexity index is 3200. The second kappa shape index (κ2) is 11.4. The number of hydrogen-bond donors (Lipinski definition) is 8. The molecule has 0 amide bonds. The van der Waals surface area contributed by atoms with Gasteiger partial charge in [-0.25, -0.2) is 0 Å². The third-order valence-corrected chi connectivity index (χ3v) is 10.7. The van der Waals surface area contributed by atoms with Gasteiger partial charge in [0.25, 0.3) is 0 Å². The fourth-order valence-corrected chi connectivity index (χ4v) is 8.23. The predicted molar refractivity (Wildman–Crippen MR) is 213 cm³/mol. The largest absolute Gasteiger partial charge is 0.504 e. The normalized spacial score (nSPS) is 11.9. The van der Waals surface area contributed by atoms with Gasteiger partial charge < -0.3 is 45.3 Å². The van der Waals surface area contributed by atoms with E-state index in [4.69, 9.17) is 4.42 Å². The van der Waals surface area contributed by atoms with E-state index in [1.54, 1.807) is 30.3 Å². The summed E-state index contributed by atoms with van der Waals surface area (Å²) in [5, 5.41) is 95.2.